The molecule has 0 amide bonds. The molecule has 1 saturated heterocycles. The maximum absolute atomic E-state index is 13.3. The lowest BCUT2D eigenvalue weighted by molar-refractivity contribution is 0.122. The zero-order chi connectivity index (χ0) is 29.4. The number of anilines is 2. The number of benzene rings is 2. The molecule has 3 heterocycles. The minimum atomic E-state index is -3.97. The summed E-state index contributed by atoms with van der Waals surface area (Å²) in [4.78, 5) is 19.5. The van der Waals surface area contributed by atoms with Gasteiger partial charge in [0.2, 0.25) is 11.8 Å². The molecule has 4 aromatic rings. The monoisotopic (exact) mass is 652 g/mol. The van der Waals surface area contributed by atoms with E-state index in [0.717, 1.165) is 21.0 Å². The maximum Gasteiger partial charge on any atom is 0.316 e. The predicted octanol–water partition coefficient (Wildman–Crippen LogP) is 4.71. The fourth-order valence-corrected chi connectivity index (χ4v) is 5.07. The predicted molar refractivity (Wildman–Crippen MR) is 164 cm³/mol. The van der Waals surface area contributed by atoms with Crippen molar-refractivity contribution in [3.8, 4) is 23.0 Å². The van der Waals surface area contributed by atoms with Crippen molar-refractivity contribution in [3.05, 3.63) is 88.0 Å². The highest BCUT2D eigenvalue weighted by Gasteiger charge is 2.24. The molecule has 1 aliphatic rings. The van der Waals surface area contributed by atoms with Gasteiger partial charge in [0.25, 0.3) is 10.0 Å². The molecule has 0 saturated carbocycles. The number of aromatic nitrogens is 4. The van der Waals surface area contributed by atoms with Gasteiger partial charge in [-0.25, -0.2) is 18.4 Å². The first-order chi connectivity index (χ1) is 20.4. The Balaban J connectivity index is 1.49. The maximum atomic E-state index is 13.3. The summed E-state index contributed by atoms with van der Waals surface area (Å²) in [7, 11) is -3.97. The van der Waals surface area contributed by atoms with Gasteiger partial charge in [0.05, 0.1) is 28.7 Å². The minimum Gasteiger partial charge on any atom is -0.473 e. The summed E-state index contributed by atoms with van der Waals surface area (Å²) in [6, 6.07) is 17.0. The highest BCUT2D eigenvalue weighted by atomic mass is 79.9. The van der Waals surface area contributed by atoms with Crippen LogP contribution < -0.4 is 19.1 Å². The summed E-state index contributed by atoms with van der Waals surface area (Å²) in [5.41, 5.74) is 2.88. The average Bonchev–Trinajstić information content (AvgIpc) is 3.00. The second-order valence-electron chi connectivity index (χ2n) is 9.26. The summed E-state index contributed by atoms with van der Waals surface area (Å²) in [5, 5.41) is 1.12. The van der Waals surface area contributed by atoms with Gasteiger partial charge in [-0.05, 0) is 40.1 Å². The van der Waals surface area contributed by atoms with Gasteiger partial charge >= 0.3 is 6.01 Å². The average molecular weight is 654 g/mol. The molecular formula is C29H29BrN6O5S. The van der Waals surface area contributed by atoms with Gasteiger partial charge in [-0.2, -0.15) is 9.97 Å². The smallest absolute Gasteiger partial charge is 0.316 e. The van der Waals surface area contributed by atoms with Gasteiger partial charge in [0.1, 0.15) is 13.2 Å². The molecule has 5 rings (SSSR count). The first kappa shape index (κ1) is 29.4. The van der Waals surface area contributed by atoms with E-state index in [9.17, 15) is 8.42 Å². The second-order valence-corrected chi connectivity index (χ2v) is 11.7. The summed E-state index contributed by atoms with van der Waals surface area (Å²) >= 11 is 3.30. The number of hydrogen-bond acceptors (Lipinski definition) is 10. The Morgan fingerprint density at radius 3 is 2.38 bits per heavy atom. The molecule has 218 valence electrons. The quantitative estimate of drug-likeness (QED) is 0.227. The molecule has 11 nitrogen and oxygen atoms in total. The third-order valence-corrected chi connectivity index (χ3v) is 7.51. The van der Waals surface area contributed by atoms with E-state index in [1.165, 1.54) is 6.08 Å². The molecule has 1 N–H and O–H groups in total. The van der Waals surface area contributed by atoms with Crippen molar-refractivity contribution in [2.24, 2.45) is 0 Å². The molecule has 0 aliphatic carbocycles. The van der Waals surface area contributed by atoms with Crippen LogP contribution in [0.1, 0.15) is 11.1 Å². The number of nitrogens with one attached hydrogen (secondary N) is 1. The van der Waals surface area contributed by atoms with E-state index in [2.05, 4.69) is 35.6 Å². The summed E-state index contributed by atoms with van der Waals surface area (Å²) in [6.45, 7) is 4.30. The highest BCUT2D eigenvalue weighted by Crippen LogP contribution is 2.37. The Hall–Kier alpha value is -4.07. The Kier molecular flexibility index (Phi) is 9.62. The van der Waals surface area contributed by atoms with Crippen molar-refractivity contribution >= 4 is 43.8 Å². The van der Waals surface area contributed by atoms with Gasteiger partial charge in [0.15, 0.2) is 5.82 Å². The number of sulfonamides is 1. The van der Waals surface area contributed by atoms with Crippen LogP contribution in [0.5, 0.6) is 11.9 Å². The lowest BCUT2D eigenvalue weighted by Crippen LogP contribution is -2.37. The third-order valence-electron chi connectivity index (χ3n) is 6.13. The second kappa shape index (κ2) is 13.7. The number of nitrogens with zero attached hydrogens (tertiary/aromatic N) is 5. The number of rotatable bonds is 11. The van der Waals surface area contributed by atoms with Gasteiger partial charge < -0.3 is 19.1 Å². The van der Waals surface area contributed by atoms with Crippen molar-refractivity contribution in [3.63, 3.8) is 0 Å². The Morgan fingerprint density at radius 1 is 0.976 bits per heavy atom. The van der Waals surface area contributed by atoms with E-state index in [4.69, 9.17) is 19.2 Å². The molecule has 42 heavy (non-hydrogen) atoms. The van der Waals surface area contributed by atoms with E-state index in [-0.39, 0.29) is 30.9 Å². The summed E-state index contributed by atoms with van der Waals surface area (Å²) in [6.07, 6.45) is 4.70. The van der Waals surface area contributed by atoms with E-state index in [0.29, 0.717) is 43.4 Å². The molecule has 1 aliphatic heterocycles. The van der Waals surface area contributed by atoms with Crippen LogP contribution in [0, 0.1) is 6.92 Å². The van der Waals surface area contributed by atoms with Gasteiger partial charge in [0, 0.05) is 25.5 Å². The van der Waals surface area contributed by atoms with Crippen LogP contribution in [0.4, 0.5) is 11.8 Å². The largest absolute Gasteiger partial charge is 0.473 e. The normalized spacial score (nSPS) is 13.7. The van der Waals surface area contributed by atoms with Crippen LogP contribution >= 0.6 is 15.9 Å². The Labute approximate surface area is 252 Å². The first-order valence-electron chi connectivity index (χ1n) is 13.2. The van der Waals surface area contributed by atoms with Gasteiger partial charge in [-0.1, -0.05) is 60.2 Å². The van der Waals surface area contributed by atoms with Crippen LogP contribution in [0.3, 0.4) is 0 Å². The van der Waals surface area contributed by atoms with Crippen LogP contribution in [-0.4, -0.2) is 67.9 Å². The van der Waals surface area contributed by atoms with Crippen molar-refractivity contribution in [1.29, 1.82) is 0 Å². The Morgan fingerprint density at radius 2 is 1.67 bits per heavy atom. The van der Waals surface area contributed by atoms with E-state index >= 15 is 0 Å². The SMILES string of the molecule is Cc1ccc(-c2c(NS(=O)(=O)/C=C\c3ccccc3)nc(N3CCOCC3)nc2OCCOc2ncc(Br)cn2)cc1. The molecular weight excluding hydrogens is 624 g/mol. The van der Waals surface area contributed by atoms with Crippen molar-refractivity contribution < 1.29 is 22.6 Å². The van der Waals surface area contributed by atoms with Crippen LogP contribution in [-0.2, 0) is 14.8 Å². The molecule has 1 fully saturated rings. The van der Waals surface area contributed by atoms with E-state index < -0.39 is 10.0 Å². The number of halogens is 1. The molecule has 0 atom stereocenters. The van der Waals surface area contributed by atoms with Crippen LogP contribution in [0.2, 0.25) is 0 Å². The fourth-order valence-electron chi connectivity index (χ4n) is 4.04. The topological polar surface area (TPSA) is 129 Å². The minimum absolute atomic E-state index is 0.0952. The zero-order valence-electron chi connectivity index (χ0n) is 22.8. The zero-order valence-corrected chi connectivity index (χ0v) is 25.2. The standard InChI is InChI=1S/C29H29BrN6O5S/c1-21-7-9-23(10-8-21)25-26(35-42(37,38)18-11-22-5-3-2-4-6-22)33-28(36-12-14-39-15-13-36)34-27(25)40-16-17-41-29-31-19-24(30)20-32-29/h2-11,18-20H,12-17H2,1H3,(H,33,34,35)/b18-11-. The lowest BCUT2D eigenvalue weighted by Gasteiger charge is -2.28. The van der Waals surface area contributed by atoms with E-state index in [1.807, 2.05) is 66.4 Å². The van der Waals surface area contributed by atoms with Gasteiger partial charge in [-0.15, -0.1) is 0 Å². The number of hydrogen-bond donors (Lipinski definition) is 1. The molecule has 0 radical (unpaired) electrons. The van der Waals surface area contributed by atoms with Crippen molar-refractivity contribution in [2.45, 2.75) is 6.92 Å². The van der Waals surface area contributed by atoms with Gasteiger partial charge in [-0.3, -0.25) is 4.72 Å². The van der Waals surface area contributed by atoms with E-state index in [1.54, 1.807) is 12.4 Å². The summed E-state index contributed by atoms with van der Waals surface area (Å²) < 4.78 is 47.2. The third kappa shape index (κ3) is 8.02. The van der Waals surface area contributed by atoms with Crippen LogP contribution in [0.15, 0.2) is 76.9 Å². The first-order valence-corrected chi connectivity index (χ1v) is 15.5. The Bertz CT molecular complexity index is 1620. The fraction of sp³-hybridized carbons (Fsp3) is 0.241. The highest BCUT2D eigenvalue weighted by molar-refractivity contribution is 9.10. The molecule has 0 unspecified atom stereocenters. The van der Waals surface area contributed by atoms with Crippen LogP contribution in [0.25, 0.3) is 17.2 Å². The van der Waals surface area contributed by atoms with Crippen molar-refractivity contribution in [2.75, 3.05) is 49.1 Å². The lowest BCUT2D eigenvalue weighted by atomic mass is 10.1. The number of aryl methyl sites for hydroxylation is 1. The molecule has 2 aromatic carbocycles. The number of ether oxygens (including phenoxy) is 3. The number of morpholine rings is 1. The molecule has 2 aromatic heterocycles. The molecule has 0 spiro atoms. The molecule has 13 heteroatoms. The van der Waals surface area contributed by atoms with Crippen molar-refractivity contribution in [1.82, 2.24) is 19.9 Å². The molecule has 0 bridgehead atoms. The summed E-state index contributed by atoms with van der Waals surface area (Å²) in [5.74, 6) is 0.631.